The highest BCUT2D eigenvalue weighted by Crippen LogP contribution is 2.20. The summed E-state index contributed by atoms with van der Waals surface area (Å²) in [4.78, 5) is 28.9. The van der Waals surface area contributed by atoms with Gasteiger partial charge in [-0.05, 0) is 25.5 Å². The molecule has 0 saturated carbocycles. The second-order valence-electron chi connectivity index (χ2n) is 7.36. The summed E-state index contributed by atoms with van der Waals surface area (Å²) in [5, 5.41) is 0.471. The Labute approximate surface area is 157 Å². The summed E-state index contributed by atoms with van der Waals surface area (Å²) in [6, 6.07) is 6.62. The summed E-state index contributed by atoms with van der Waals surface area (Å²) in [6.07, 6.45) is 0.662. The molecule has 1 aromatic heterocycles. The van der Waals surface area contributed by atoms with E-state index in [1.807, 2.05) is 13.0 Å². The Morgan fingerprint density at radius 3 is 2.56 bits per heavy atom. The lowest BCUT2D eigenvalue weighted by atomic mass is 10.1. The van der Waals surface area contributed by atoms with E-state index in [9.17, 15) is 18.0 Å². The van der Waals surface area contributed by atoms with Crippen LogP contribution < -0.4 is 5.43 Å². The molecule has 1 atom stereocenters. The van der Waals surface area contributed by atoms with Crippen LogP contribution in [0.1, 0.15) is 22.5 Å². The fraction of sp³-hybridized carbons (Fsp3) is 0.474. The fourth-order valence-corrected chi connectivity index (χ4v) is 5.65. The van der Waals surface area contributed by atoms with E-state index in [0.717, 1.165) is 5.56 Å². The minimum atomic E-state index is -2.92. The summed E-state index contributed by atoms with van der Waals surface area (Å²) < 4.78 is 29.0. The first-order valence-corrected chi connectivity index (χ1v) is 10.9. The van der Waals surface area contributed by atoms with Gasteiger partial charge in [0, 0.05) is 38.3 Å². The molecule has 3 heterocycles. The molecule has 27 heavy (non-hydrogen) atoms. The number of carbonyl (C=O) groups excluding carboxylic acids is 1. The van der Waals surface area contributed by atoms with Crippen LogP contribution in [-0.4, -0.2) is 67.9 Å². The van der Waals surface area contributed by atoms with E-state index in [0.29, 0.717) is 43.6 Å². The van der Waals surface area contributed by atoms with Gasteiger partial charge in [-0.15, -0.1) is 0 Å². The Kier molecular flexibility index (Phi) is 4.55. The molecule has 2 saturated heterocycles. The summed E-state index contributed by atoms with van der Waals surface area (Å²) in [7, 11) is -2.92. The summed E-state index contributed by atoms with van der Waals surface area (Å²) >= 11 is 0. The topological polar surface area (TPSA) is 87.9 Å². The molecule has 2 aliphatic heterocycles. The number of piperazine rings is 1. The maximum absolute atomic E-state index is 12.8. The average Bonchev–Trinajstić information content (AvgIpc) is 3.01. The van der Waals surface area contributed by atoms with Gasteiger partial charge in [0.1, 0.15) is 5.58 Å². The standard InChI is InChI=1S/C19H22N2O5S/c1-13-2-3-17-15(10-13)16(22)11-18(26-17)19(23)21-7-5-20(6-8-21)14-4-9-27(24,25)12-14/h2-3,10-11,14H,4-9,12H2,1H3/t14-/m0/s1. The van der Waals surface area contributed by atoms with Crippen molar-refractivity contribution in [3.05, 3.63) is 45.8 Å². The SMILES string of the molecule is Cc1ccc2oc(C(=O)N3CCN([C@H]4CCS(=O)(=O)C4)CC3)cc(=O)c2c1. The molecular weight excluding hydrogens is 368 g/mol. The normalized spacial score (nSPS) is 23.0. The van der Waals surface area contributed by atoms with E-state index < -0.39 is 9.84 Å². The summed E-state index contributed by atoms with van der Waals surface area (Å²) in [5.41, 5.74) is 1.14. The lowest BCUT2D eigenvalue weighted by Crippen LogP contribution is -2.52. The Bertz CT molecular complexity index is 1050. The number of benzene rings is 1. The van der Waals surface area contributed by atoms with Gasteiger partial charge < -0.3 is 9.32 Å². The quantitative estimate of drug-likeness (QED) is 0.762. The number of aryl methyl sites for hydroxylation is 1. The third-order valence-corrected chi connectivity index (χ3v) is 7.17. The zero-order chi connectivity index (χ0) is 19.2. The lowest BCUT2D eigenvalue weighted by molar-refractivity contribution is 0.0559. The van der Waals surface area contributed by atoms with Gasteiger partial charge in [0.05, 0.1) is 16.9 Å². The predicted molar refractivity (Wildman–Crippen MR) is 102 cm³/mol. The number of carbonyl (C=O) groups is 1. The third-order valence-electron chi connectivity index (χ3n) is 5.42. The van der Waals surface area contributed by atoms with Crippen LogP contribution in [0.2, 0.25) is 0 Å². The van der Waals surface area contributed by atoms with Gasteiger partial charge in [0.15, 0.2) is 21.0 Å². The molecule has 8 heteroatoms. The minimum Gasteiger partial charge on any atom is -0.451 e. The smallest absolute Gasteiger partial charge is 0.289 e. The van der Waals surface area contributed by atoms with Crippen molar-refractivity contribution in [3.63, 3.8) is 0 Å². The van der Waals surface area contributed by atoms with Crippen molar-refractivity contribution in [2.45, 2.75) is 19.4 Å². The number of hydrogen-bond donors (Lipinski definition) is 0. The van der Waals surface area contributed by atoms with E-state index in [2.05, 4.69) is 4.90 Å². The molecule has 2 aromatic rings. The number of fused-ring (bicyclic) bond motifs is 1. The first kappa shape index (κ1) is 18.2. The van der Waals surface area contributed by atoms with Crippen molar-refractivity contribution in [1.82, 2.24) is 9.80 Å². The maximum atomic E-state index is 12.8. The molecular formula is C19H22N2O5S. The lowest BCUT2D eigenvalue weighted by Gasteiger charge is -2.37. The maximum Gasteiger partial charge on any atom is 0.289 e. The average molecular weight is 390 g/mol. The van der Waals surface area contributed by atoms with E-state index in [4.69, 9.17) is 4.42 Å². The second-order valence-corrected chi connectivity index (χ2v) is 9.59. The fourth-order valence-electron chi connectivity index (χ4n) is 3.88. The molecule has 0 radical (unpaired) electrons. The van der Waals surface area contributed by atoms with Gasteiger partial charge in [0.25, 0.3) is 5.91 Å². The molecule has 1 aromatic carbocycles. The summed E-state index contributed by atoms with van der Waals surface area (Å²) in [5.74, 6) is 0.208. The van der Waals surface area contributed by atoms with Gasteiger partial charge in [-0.1, -0.05) is 11.6 Å². The molecule has 4 rings (SSSR count). The zero-order valence-corrected chi connectivity index (χ0v) is 16.0. The molecule has 1 amide bonds. The number of nitrogens with zero attached hydrogens (tertiary/aromatic N) is 2. The molecule has 7 nitrogen and oxygen atoms in total. The summed E-state index contributed by atoms with van der Waals surface area (Å²) in [6.45, 7) is 4.13. The van der Waals surface area contributed by atoms with Crippen molar-refractivity contribution in [1.29, 1.82) is 0 Å². The largest absolute Gasteiger partial charge is 0.451 e. The highest BCUT2D eigenvalue weighted by atomic mass is 32.2. The van der Waals surface area contributed by atoms with Crippen molar-refractivity contribution < 1.29 is 17.6 Å². The van der Waals surface area contributed by atoms with Gasteiger partial charge in [-0.3, -0.25) is 14.5 Å². The Balaban J connectivity index is 1.47. The molecule has 2 fully saturated rings. The van der Waals surface area contributed by atoms with Crippen LogP contribution in [-0.2, 0) is 9.84 Å². The molecule has 144 valence electrons. The zero-order valence-electron chi connectivity index (χ0n) is 15.2. The first-order valence-electron chi connectivity index (χ1n) is 9.11. The van der Waals surface area contributed by atoms with E-state index in [1.165, 1.54) is 6.07 Å². The molecule has 0 bridgehead atoms. The Hall–Kier alpha value is -2.19. The van der Waals surface area contributed by atoms with Crippen molar-refractivity contribution in [2.75, 3.05) is 37.7 Å². The van der Waals surface area contributed by atoms with Gasteiger partial charge in [-0.2, -0.15) is 0 Å². The minimum absolute atomic E-state index is 0.0493. The van der Waals surface area contributed by atoms with Crippen LogP contribution in [0.15, 0.2) is 33.5 Å². The van der Waals surface area contributed by atoms with Gasteiger partial charge in [0.2, 0.25) is 0 Å². The number of rotatable bonds is 2. The van der Waals surface area contributed by atoms with Crippen LogP contribution in [0.5, 0.6) is 0 Å². The Morgan fingerprint density at radius 1 is 1.15 bits per heavy atom. The molecule has 0 N–H and O–H groups in total. The molecule has 0 unspecified atom stereocenters. The van der Waals surface area contributed by atoms with E-state index >= 15 is 0 Å². The van der Waals surface area contributed by atoms with Gasteiger partial charge >= 0.3 is 0 Å². The predicted octanol–water partition coefficient (Wildman–Crippen LogP) is 1.05. The highest BCUT2D eigenvalue weighted by molar-refractivity contribution is 7.91. The van der Waals surface area contributed by atoms with Gasteiger partial charge in [-0.25, -0.2) is 8.42 Å². The number of amides is 1. The van der Waals surface area contributed by atoms with Crippen molar-refractivity contribution in [3.8, 4) is 0 Å². The van der Waals surface area contributed by atoms with Crippen molar-refractivity contribution in [2.24, 2.45) is 0 Å². The number of hydrogen-bond acceptors (Lipinski definition) is 6. The highest BCUT2D eigenvalue weighted by Gasteiger charge is 2.34. The van der Waals surface area contributed by atoms with Crippen LogP contribution in [0.3, 0.4) is 0 Å². The van der Waals surface area contributed by atoms with Crippen molar-refractivity contribution >= 4 is 26.7 Å². The third kappa shape index (κ3) is 3.64. The molecule has 2 aliphatic rings. The molecule has 0 aliphatic carbocycles. The van der Waals surface area contributed by atoms with Crippen LogP contribution in [0.4, 0.5) is 0 Å². The van der Waals surface area contributed by atoms with Crippen LogP contribution >= 0.6 is 0 Å². The Morgan fingerprint density at radius 2 is 1.89 bits per heavy atom. The van der Waals surface area contributed by atoms with Crippen LogP contribution in [0, 0.1) is 6.92 Å². The van der Waals surface area contributed by atoms with E-state index in [1.54, 1.807) is 17.0 Å². The first-order chi connectivity index (χ1) is 12.8. The molecule has 0 spiro atoms. The monoisotopic (exact) mass is 390 g/mol. The van der Waals surface area contributed by atoms with Crippen LogP contribution in [0.25, 0.3) is 11.0 Å². The van der Waals surface area contributed by atoms with E-state index in [-0.39, 0.29) is 34.6 Å². The number of sulfone groups is 1. The second kappa shape index (κ2) is 6.76.